The summed E-state index contributed by atoms with van der Waals surface area (Å²) in [6.45, 7) is 4.82. The Morgan fingerprint density at radius 1 is 1.40 bits per heavy atom. The van der Waals surface area contributed by atoms with Gasteiger partial charge in [-0.2, -0.15) is 0 Å². The van der Waals surface area contributed by atoms with Gasteiger partial charge in [0.15, 0.2) is 0 Å². The molecule has 0 saturated carbocycles. The van der Waals surface area contributed by atoms with Gasteiger partial charge in [-0.1, -0.05) is 23.4 Å². The number of benzene rings is 1. The molecule has 0 radical (unpaired) electrons. The van der Waals surface area contributed by atoms with Crippen LogP contribution in [0.4, 0.5) is 4.39 Å². The summed E-state index contributed by atoms with van der Waals surface area (Å²) in [6.07, 6.45) is 0. The molecule has 0 fully saturated rings. The molecule has 80 valence electrons. The van der Waals surface area contributed by atoms with Gasteiger partial charge in [0.2, 0.25) is 0 Å². The van der Waals surface area contributed by atoms with Crippen molar-refractivity contribution < 1.29 is 9.50 Å². The van der Waals surface area contributed by atoms with Crippen molar-refractivity contribution in [3.05, 3.63) is 34.1 Å². The standard InChI is InChI=1S/C12H12ClFO/c1-8-6-9(13)7-11(14)10(8)4-5-12(2,3)15/h6-7,15H,1-3H3. The quantitative estimate of drug-likeness (QED) is 0.675. The van der Waals surface area contributed by atoms with E-state index in [4.69, 9.17) is 11.6 Å². The van der Waals surface area contributed by atoms with Gasteiger partial charge >= 0.3 is 0 Å². The fourth-order valence-electron chi connectivity index (χ4n) is 1.08. The van der Waals surface area contributed by atoms with Gasteiger partial charge in [-0.15, -0.1) is 0 Å². The highest BCUT2D eigenvalue weighted by Crippen LogP contribution is 2.18. The average molecular weight is 227 g/mol. The van der Waals surface area contributed by atoms with Crippen molar-refractivity contribution in [3.63, 3.8) is 0 Å². The second-order valence-electron chi connectivity index (χ2n) is 3.89. The van der Waals surface area contributed by atoms with Crippen molar-refractivity contribution >= 4 is 11.6 Å². The maximum atomic E-state index is 13.4. The Labute approximate surface area is 93.9 Å². The molecule has 0 aliphatic heterocycles. The van der Waals surface area contributed by atoms with Gasteiger partial charge in [0.05, 0.1) is 5.56 Å². The minimum atomic E-state index is -1.13. The van der Waals surface area contributed by atoms with E-state index in [1.54, 1.807) is 26.8 Å². The molecule has 0 aromatic heterocycles. The smallest absolute Gasteiger partial charge is 0.140 e. The Morgan fingerprint density at radius 2 is 2.00 bits per heavy atom. The van der Waals surface area contributed by atoms with Crippen LogP contribution in [0.15, 0.2) is 12.1 Å². The van der Waals surface area contributed by atoms with Crippen LogP contribution in [0, 0.1) is 24.6 Å². The predicted molar refractivity (Wildman–Crippen MR) is 59.3 cm³/mol. The summed E-state index contributed by atoms with van der Waals surface area (Å²) in [5.41, 5.74) is -0.184. The lowest BCUT2D eigenvalue weighted by Crippen LogP contribution is -2.14. The number of hydrogen-bond acceptors (Lipinski definition) is 1. The third-order valence-corrected chi connectivity index (χ3v) is 1.96. The monoisotopic (exact) mass is 226 g/mol. The Hall–Kier alpha value is -1.04. The zero-order valence-corrected chi connectivity index (χ0v) is 9.61. The molecule has 1 N–H and O–H groups in total. The van der Waals surface area contributed by atoms with E-state index in [1.165, 1.54) is 6.07 Å². The van der Waals surface area contributed by atoms with Crippen LogP contribution in [0.25, 0.3) is 0 Å². The lowest BCUT2D eigenvalue weighted by Gasteiger charge is -2.07. The van der Waals surface area contributed by atoms with E-state index in [0.717, 1.165) is 0 Å². The first kappa shape index (κ1) is 12.0. The lowest BCUT2D eigenvalue weighted by atomic mass is 10.1. The highest BCUT2D eigenvalue weighted by molar-refractivity contribution is 6.30. The van der Waals surface area contributed by atoms with Gasteiger partial charge in [-0.05, 0) is 38.5 Å². The summed E-state index contributed by atoms with van der Waals surface area (Å²) in [7, 11) is 0. The molecule has 3 heteroatoms. The minimum absolute atomic E-state index is 0.279. The van der Waals surface area contributed by atoms with Crippen LogP contribution < -0.4 is 0 Å². The predicted octanol–water partition coefficient (Wildman–Crippen LogP) is 2.91. The van der Waals surface area contributed by atoms with E-state index in [1.807, 2.05) is 0 Å². The van der Waals surface area contributed by atoms with Gasteiger partial charge in [-0.3, -0.25) is 0 Å². The lowest BCUT2D eigenvalue weighted by molar-refractivity contribution is 0.143. The molecule has 0 heterocycles. The van der Waals surface area contributed by atoms with E-state index in [2.05, 4.69) is 11.8 Å². The molecule has 0 aliphatic carbocycles. The summed E-state index contributed by atoms with van der Waals surface area (Å²) < 4.78 is 13.4. The molecule has 0 spiro atoms. The first-order valence-corrected chi connectivity index (χ1v) is 4.88. The van der Waals surface area contributed by atoms with E-state index in [0.29, 0.717) is 10.6 Å². The largest absolute Gasteiger partial charge is 0.378 e. The van der Waals surface area contributed by atoms with Crippen molar-refractivity contribution in [1.29, 1.82) is 0 Å². The zero-order valence-electron chi connectivity index (χ0n) is 8.86. The highest BCUT2D eigenvalue weighted by atomic mass is 35.5. The van der Waals surface area contributed by atoms with Crippen molar-refractivity contribution in [2.45, 2.75) is 26.4 Å². The first-order valence-electron chi connectivity index (χ1n) is 4.51. The van der Waals surface area contributed by atoms with Crippen LogP contribution in [0.1, 0.15) is 25.0 Å². The van der Waals surface area contributed by atoms with Crippen LogP contribution >= 0.6 is 11.6 Å². The number of halogens is 2. The minimum Gasteiger partial charge on any atom is -0.378 e. The van der Waals surface area contributed by atoms with E-state index < -0.39 is 11.4 Å². The molecule has 0 bridgehead atoms. The Balaban J connectivity index is 3.20. The van der Waals surface area contributed by atoms with Gasteiger partial charge in [0.25, 0.3) is 0 Å². The number of aliphatic hydroxyl groups is 1. The van der Waals surface area contributed by atoms with Crippen LogP contribution in [-0.2, 0) is 0 Å². The van der Waals surface area contributed by atoms with E-state index >= 15 is 0 Å². The van der Waals surface area contributed by atoms with Gasteiger partial charge in [0, 0.05) is 5.02 Å². The van der Waals surface area contributed by atoms with Gasteiger partial charge in [-0.25, -0.2) is 4.39 Å². The molecule has 0 saturated heterocycles. The normalized spacial score (nSPS) is 10.8. The van der Waals surface area contributed by atoms with Crippen molar-refractivity contribution in [3.8, 4) is 11.8 Å². The van der Waals surface area contributed by atoms with Crippen molar-refractivity contribution in [2.24, 2.45) is 0 Å². The molecular formula is C12H12ClFO. The molecule has 0 aliphatic rings. The molecule has 1 aromatic carbocycles. The van der Waals surface area contributed by atoms with E-state index in [9.17, 15) is 9.50 Å². The number of rotatable bonds is 0. The third kappa shape index (κ3) is 3.54. The second kappa shape index (κ2) is 4.22. The Morgan fingerprint density at radius 3 is 2.47 bits per heavy atom. The van der Waals surface area contributed by atoms with Crippen LogP contribution in [0.2, 0.25) is 5.02 Å². The zero-order chi connectivity index (χ0) is 11.6. The van der Waals surface area contributed by atoms with Crippen molar-refractivity contribution in [2.75, 3.05) is 0 Å². The van der Waals surface area contributed by atoms with Crippen LogP contribution in [0.3, 0.4) is 0 Å². The molecule has 0 unspecified atom stereocenters. The topological polar surface area (TPSA) is 20.2 Å². The first-order chi connectivity index (χ1) is 6.79. The summed E-state index contributed by atoms with van der Waals surface area (Å²) in [6, 6.07) is 2.85. The molecule has 0 atom stereocenters. The average Bonchev–Trinajstić information content (AvgIpc) is 1.99. The fraction of sp³-hybridized carbons (Fsp3) is 0.333. The highest BCUT2D eigenvalue weighted by Gasteiger charge is 2.08. The Bertz CT molecular complexity index is 412. The summed E-state index contributed by atoms with van der Waals surface area (Å²) in [5.74, 6) is 4.72. The maximum absolute atomic E-state index is 13.4. The number of hydrogen-bond donors (Lipinski definition) is 1. The van der Waals surface area contributed by atoms with Crippen molar-refractivity contribution in [1.82, 2.24) is 0 Å². The summed E-state index contributed by atoms with van der Waals surface area (Å²) in [5, 5.41) is 9.74. The molecule has 1 rings (SSSR count). The molecule has 0 amide bonds. The van der Waals surface area contributed by atoms with E-state index in [-0.39, 0.29) is 5.56 Å². The van der Waals surface area contributed by atoms with Crippen LogP contribution in [-0.4, -0.2) is 10.7 Å². The van der Waals surface area contributed by atoms with Crippen LogP contribution in [0.5, 0.6) is 0 Å². The van der Waals surface area contributed by atoms with Gasteiger partial charge in [0.1, 0.15) is 11.4 Å². The number of aryl methyl sites for hydroxylation is 1. The molecule has 1 nitrogen and oxygen atoms in total. The Kier molecular flexibility index (Phi) is 3.38. The third-order valence-electron chi connectivity index (χ3n) is 1.75. The maximum Gasteiger partial charge on any atom is 0.140 e. The fourth-order valence-corrected chi connectivity index (χ4v) is 1.34. The SMILES string of the molecule is Cc1cc(Cl)cc(F)c1C#CC(C)(C)O. The van der Waals surface area contributed by atoms with Gasteiger partial charge < -0.3 is 5.11 Å². The molecular weight excluding hydrogens is 215 g/mol. The molecule has 1 aromatic rings. The molecule has 15 heavy (non-hydrogen) atoms. The summed E-state index contributed by atoms with van der Waals surface area (Å²) in [4.78, 5) is 0. The summed E-state index contributed by atoms with van der Waals surface area (Å²) >= 11 is 5.67. The second-order valence-corrected chi connectivity index (χ2v) is 4.32.